The zero-order chi connectivity index (χ0) is 25.8. The molecular formula is C28H35ClN6O3. The molecule has 2 aromatic heterocycles. The van der Waals surface area contributed by atoms with Gasteiger partial charge in [0.15, 0.2) is 0 Å². The molecule has 1 aromatic carbocycles. The van der Waals surface area contributed by atoms with Crippen LogP contribution in [0.1, 0.15) is 30.7 Å². The number of hydrogen-bond donors (Lipinski definition) is 0. The van der Waals surface area contributed by atoms with Crippen molar-refractivity contribution in [3.8, 4) is 23.1 Å². The SMILES string of the molecule is Cc1cc(-c2nc(C#N)nc3c2ccn3CC(=O)N2CCN(C)CC2)ccc1OCCC1CCOCC1.Cl. The number of nitriles is 1. The number of hydrogen-bond acceptors (Lipinski definition) is 7. The molecular weight excluding hydrogens is 504 g/mol. The van der Waals surface area contributed by atoms with E-state index < -0.39 is 0 Å². The maximum absolute atomic E-state index is 13.0. The second-order valence-corrected chi connectivity index (χ2v) is 10.0. The number of benzene rings is 1. The molecule has 5 rings (SSSR count). The Hall–Kier alpha value is -3.19. The van der Waals surface area contributed by atoms with Gasteiger partial charge in [-0.3, -0.25) is 4.79 Å². The Bertz CT molecular complexity index is 1310. The summed E-state index contributed by atoms with van der Waals surface area (Å²) in [5, 5.41) is 10.4. The minimum absolute atomic E-state index is 0. The Morgan fingerprint density at radius 2 is 1.92 bits per heavy atom. The van der Waals surface area contributed by atoms with E-state index in [4.69, 9.17) is 9.47 Å². The molecule has 0 aliphatic carbocycles. The Morgan fingerprint density at radius 3 is 2.63 bits per heavy atom. The molecule has 2 aliphatic rings. The lowest BCUT2D eigenvalue weighted by Crippen LogP contribution is -2.48. The van der Waals surface area contributed by atoms with Gasteiger partial charge in [-0.2, -0.15) is 5.26 Å². The van der Waals surface area contributed by atoms with Crippen molar-refractivity contribution in [2.24, 2.45) is 5.92 Å². The van der Waals surface area contributed by atoms with Gasteiger partial charge in [0.2, 0.25) is 11.7 Å². The average Bonchev–Trinajstić information content (AvgIpc) is 3.32. The number of carbonyl (C=O) groups is 1. The third-order valence-corrected chi connectivity index (χ3v) is 7.45. The molecule has 38 heavy (non-hydrogen) atoms. The minimum Gasteiger partial charge on any atom is -0.493 e. The molecule has 0 bridgehead atoms. The first-order valence-electron chi connectivity index (χ1n) is 13.1. The second kappa shape index (κ2) is 12.6. The standard InChI is InChI=1S/C28H34N6O3.ClH/c1-20-17-22(3-4-24(20)37-16-8-21-6-14-36-15-7-21)27-23-5-9-34(28(23)31-25(18-29)30-27)19-26(35)33-12-10-32(2)11-13-33;/h3-5,9,17,21H,6-8,10-16,19H2,1-2H3;1H. The molecule has 1 amide bonds. The first-order chi connectivity index (χ1) is 18.0. The van der Waals surface area contributed by atoms with Crippen molar-refractivity contribution in [2.75, 3.05) is 53.0 Å². The van der Waals surface area contributed by atoms with Crippen molar-refractivity contribution in [3.05, 3.63) is 41.9 Å². The van der Waals surface area contributed by atoms with Crippen molar-refractivity contribution >= 4 is 29.3 Å². The van der Waals surface area contributed by atoms with Gasteiger partial charge in [-0.15, -0.1) is 12.4 Å². The lowest BCUT2D eigenvalue weighted by molar-refractivity contribution is -0.133. The fourth-order valence-electron chi connectivity index (χ4n) is 5.09. The minimum atomic E-state index is 0. The normalized spacial score (nSPS) is 16.7. The molecule has 9 nitrogen and oxygen atoms in total. The summed E-state index contributed by atoms with van der Waals surface area (Å²) in [7, 11) is 2.07. The van der Waals surface area contributed by atoms with Gasteiger partial charge in [-0.1, -0.05) is 0 Å². The van der Waals surface area contributed by atoms with Crippen LogP contribution in [-0.2, 0) is 16.1 Å². The Labute approximate surface area is 229 Å². The Balaban J connectivity index is 0.00000336. The Kier molecular flexibility index (Phi) is 9.21. The molecule has 4 heterocycles. The van der Waals surface area contributed by atoms with Gasteiger partial charge in [0.1, 0.15) is 24.0 Å². The summed E-state index contributed by atoms with van der Waals surface area (Å²) in [4.78, 5) is 26.1. The highest BCUT2D eigenvalue weighted by Gasteiger charge is 2.21. The average molecular weight is 539 g/mol. The van der Waals surface area contributed by atoms with E-state index in [0.29, 0.717) is 23.9 Å². The second-order valence-electron chi connectivity index (χ2n) is 10.0. The molecule has 2 aliphatic heterocycles. The summed E-state index contributed by atoms with van der Waals surface area (Å²) in [5.74, 6) is 1.67. The molecule has 10 heteroatoms. The third kappa shape index (κ3) is 6.26. The molecule has 0 saturated carbocycles. The van der Waals surface area contributed by atoms with E-state index in [9.17, 15) is 10.1 Å². The predicted octanol–water partition coefficient (Wildman–Crippen LogP) is 3.67. The van der Waals surface area contributed by atoms with Crippen LogP contribution >= 0.6 is 12.4 Å². The molecule has 2 fully saturated rings. The van der Waals surface area contributed by atoms with Crippen LogP contribution in [0.4, 0.5) is 0 Å². The number of aryl methyl sites for hydroxylation is 1. The predicted molar refractivity (Wildman–Crippen MR) is 147 cm³/mol. The number of aromatic nitrogens is 3. The van der Waals surface area contributed by atoms with E-state index >= 15 is 0 Å². The summed E-state index contributed by atoms with van der Waals surface area (Å²) in [5.41, 5.74) is 3.18. The molecule has 3 aromatic rings. The van der Waals surface area contributed by atoms with E-state index in [2.05, 4.69) is 28.0 Å². The molecule has 0 N–H and O–H groups in total. The van der Waals surface area contributed by atoms with Gasteiger partial charge >= 0.3 is 0 Å². The van der Waals surface area contributed by atoms with Crippen LogP contribution in [0.25, 0.3) is 22.3 Å². The molecule has 202 valence electrons. The van der Waals surface area contributed by atoms with Crippen LogP contribution in [0.3, 0.4) is 0 Å². The fraction of sp³-hybridized carbons (Fsp3) is 0.500. The highest BCUT2D eigenvalue weighted by Crippen LogP contribution is 2.31. The van der Waals surface area contributed by atoms with E-state index in [1.54, 1.807) is 0 Å². The van der Waals surface area contributed by atoms with Gasteiger partial charge in [-0.25, -0.2) is 9.97 Å². The summed E-state index contributed by atoms with van der Waals surface area (Å²) >= 11 is 0. The van der Waals surface area contributed by atoms with Gasteiger partial charge in [0.05, 0.1) is 12.3 Å². The van der Waals surface area contributed by atoms with E-state index in [1.165, 1.54) is 0 Å². The first kappa shape index (κ1) is 27.8. The summed E-state index contributed by atoms with van der Waals surface area (Å²) in [6.07, 6.45) is 5.10. The largest absolute Gasteiger partial charge is 0.493 e. The number of amides is 1. The van der Waals surface area contributed by atoms with Crippen LogP contribution < -0.4 is 4.74 Å². The molecule has 2 saturated heterocycles. The smallest absolute Gasteiger partial charge is 0.242 e. The summed E-state index contributed by atoms with van der Waals surface area (Å²) < 4.78 is 13.4. The number of likely N-dealkylation sites (N-methyl/N-ethyl adjacent to an activating group) is 1. The maximum atomic E-state index is 13.0. The van der Waals surface area contributed by atoms with Gasteiger partial charge in [0.25, 0.3) is 0 Å². The number of halogens is 1. The summed E-state index contributed by atoms with van der Waals surface area (Å²) in [6, 6.07) is 10.0. The van der Waals surface area contributed by atoms with E-state index in [0.717, 1.165) is 80.9 Å². The van der Waals surface area contributed by atoms with Crippen LogP contribution in [0.15, 0.2) is 30.5 Å². The molecule has 0 unspecified atom stereocenters. The summed E-state index contributed by atoms with van der Waals surface area (Å²) in [6.45, 7) is 7.79. The highest BCUT2D eigenvalue weighted by molar-refractivity contribution is 5.92. The highest BCUT2D eigenvalue weighted by atomic mass is 35.5. The number of fused-ring (bicyclic) bond motifs is 1. The van der Waals surface area contributed by atoms with E-state index in [1.807, 2.05) is 46.9 Å². The molecule has 0 spiro atoms. The molecule has 0 atom stereocenters. The topological polar surface area (TPSA) is 96.5 Å². The zero-order valence-corrected chi connectivity index (χ0v) is 22.9. The Morgan fingerprint density at radius 1 is 1.16 bits per heavy atom. The third-order valence-electron chi connectivity index (χ3n) is 7.45. The maximum Gasteiger partial charge on any atom is 0.242 e. The fourth-order valence-corrected chi connectivity index (χ4v) is 5.09. The zero-order valence-electron chi connectivity index (χ0n) is 22.1. The number of nitrogens with zero attached hydrogens (tertiary/aromatic N) is 6. The lowest BCUT2D eigenvalue weighted by atomic mass is 9.97. The van der Waals surface area contributed by atoms with Gasteiger partial charge < -0.3 is 23.8 Å². The number of ether oxygens (including phenoxy) is 2. The van der Waals surface area contributed by atoms with Crippen LogP contribution in [-0.4, -0.2) is 83.3 Å². The van der Waals surface area contributed by atoms with E-state index in [-0.39, 0.29) is 30.7 Å². The van der Waals surface area contributed by atoms with Crippen molar-refractivity contribution in [1.29, 1.82) is 5.26 Å². The number of rotatable bonds is 7. The van der Waals surface area contributed by atoms with Crippen LogP contribution in [0.2, 0.25) is 0 Å². The van der Waals surface area contributed by atoms with Crippen molar-refractivity contribution in [1.82, 2.24) is 24.3 Å². The number of carbonyl (C=O) groups excluding carboxylic acids is 1. The van der Waals surface area contributed by atoms with Gasteiger partial charge in [-0.05, 0) is 69.0 Å². The molecule has 0 radical (unpaired) electrons. The number of piperazine rings is 1. The monoisotopic (exact) mass is 538 g/mol. The van der Waals surface area contributed by atoms with Crippen LogP contribution in [0.5, 0.6) is 5.75 Å². The lowest BCUT2D eigenvalue weighted by Gasteiger charge is -2.32. The van der Waals surface area contributed by atoms with Crippen molar-refractivity contribution < 1.29 is 14.3 Å². The van der Waals surface area contributed by atoms with Crippen LogP contribution in [0, 0.1) is 24.2 Å². The van der Waals surface area contributed by atoms with Gasteiger partial charge in [0, 0.05) is 56.5 Å². The first-order valence-corrected chi connectivity index (χ1v) is 13.1. The quantitative estimate of drug-likeness (QED) is 0.453. The van der Waals surface area contributed by atoms with Crippen molar-refractivity contribution in [3.63, 3.8) is 0 Å². The van der Waals surface area contributed by atoms with Crippen molar-refractivity contribution in [2.45, 2.75) is 32.7 Å².